The van der Waals surface area contributed by atoms with E-state index in [1.54, 1.807) is 7.11 Å². The topological polar surface area (TPSA) is 38.7 Å². The zero-order chi connectivity index (χ0) is 8.43. The molecule has 1 rings (SSSR count). The lowest BCUT2D eigenvalue weighted by molar-refractivity contribution is -0.215. The monoisotopic (exact) mass is 160 g/mol. The predicted molar refractivity (Wildman–Crippen MR) is 41.1 cm³/mol. The highest BCUT2D eigenvalue weighted by Crippen LogP contribution is 2.25. The van der Waals surface area contributed by atoms with Crippen LogP contribution in [0.2, 0.25) is 0 Å². The van der Waals surface area contributed by atoms with Crippen molar-refractivity contribution in [3.05, 3.63) is 0 Å². The number of methoxy groups -OCH3 is 1. The van der Waals surface area contributed by atoms with Gasteiger partial charge in [-0.05, 0) is 12.8 Å². The zero-order valence-electron chi connectivity index (χ0n) is 7.28. The maximum atomic E-state index is 9.19. The van der Waals surface area contributed by atoms with Gasteiger partial charge >= 0.3 is 0 Å². The molecule has 0 radical (unpaired) electrons. The molecule has 1 saturated heterocycles. The molecular weight excluding hydrogens is 144 g/mol. The summed E-state index contributed by atoms with van der Waals surface area (Å²) in [5, 5.41) is 9.19. The van der Waals surface area contributed by atoms with Gasteiger partial charge in [0.2, 0.25) is 0 Å². The van der Waals surface area contributed by atoms with Crippen molar-refractivity contribution in [2.75, 3.05) is 7.11 Å². The maximum absolute atomic E-state index is 9.19. The van der Waals surface area contributed by atoms with E-state index < -0.39 is 6.29 Å². The van der Waals surface area contributed by atoms with Crippen LogP contribution in [-0.2, 0) is 9.47 Å². The van der Waals surface area contributed by atoms with Crippen molar-refractivity contribution in [2.24, 2.45) is 5.92 Å². The van der Waals surface area contributed by atoms with Gasteiger partial charge in [0.05, 0.1) is 12.2 Å². The van der Waals surface area contributed by atoms with Crippen LogP contribution in [0.3, 0.4) is 0 Å². The smallest absolute Gasteiger partial charge is 0.155 e. The Labute approximate surface area is 67.3 Å². The van der Waals surface area contributed by atoms with Gasteiger partial charge in [-0.3, -0.25) is 0 Å². The molecule has 11 heavy (non-hydrogen) atoms. The van der Waals surface area contributed by atoms with Crippen molar-refractivity contribution in [1.82, 2.24) is 0 Å². The second-order valence-corrected chi connectivity index (χ2v) is 3.21. The summed E-state index contributed by atoms with van der Waals surface area (Å²) in [6.45, 7) is 3.99. The van der Waals surface area contributed by atoms with Gasteiger partial charge in [-0.1, -0.05) is 6.92 Å². The molecular formula is C8H16O3. The highest BCUT2D eigenvalue weighted by atomic mass is 16.6. The Morgan fingerprint density at radius 3 is 2.55 bits per heavy atom. The minimum atomic E-state index is -0.605. The van der Waals surface area contributed by atoms with Crippen molar-refractivity contribution in [3.8, 4) is 0 Å². The lowest BCUT2D eigenvalue weighted by Gasteiger charge is -2.36. The van der Waals surface area contributed by atoms with Gasteiger partial charge in [0.25, 0.3) is 0 Å². The van der Waals surface area contributed by atoms with Gasteiger partial charge in [-0.25, -0.2) is 0 Å². The summed E-state index contributed by atoms with van der Waals surface area (Å²) in [6, 6.07) is 0. The average molecular weight is 160 g/mol. The highest BCUT2D eigenvalue weighted by Gasteiger charge is 2.32. The van der Waals surface area contributed by atoms with E-state index in [0.717, 1.165) is 0 Å². The van der Waals surface area contributed by atoms with Crippen molar-refractivity contribution in [2.45, 2.75) is 38.8 Å². The number of rotatable bonds is 1. The van der Waals surface area contributed by atoms with Crippen LogP contribution in [0.5, 0.6) is 0 Å². The summed E-state index contributed by atoms with van der Waals surface area (Å²) in [4.78, 5) is 0. The third kappa shape index (κ3) is 1.92. The van der Waals surface area contributed by atoms with Crippen LogP contribution < -0.4 is 0 Å². The molecule has 0 aromatic heterocycles. The van der Waals surface area contributed by atoms with Crippen LogP contribution in [-0.4, -0.2) is 30.7 Å². The molecule has 1 aliphatic rings. The summed E-state index contributed by atoms with van der Waals surface area (Å²) in [5.74, 6) is 0.374. The summed E-state index contributed by atoms with van der Waals surface area (Å²) >= 11 is 0. The third-order valence-corrected chi connectivity index (χ3v) is 2.24. The number of ether oxygens (including phenoxy) is 2. The van der Waals surface area contributed by atoms with Gasteiger partial charge in [0.15, 0.2) is 6.29 Å². The van der Waals surface area contributed by atoms with Crippen LogP contribution in [0.4, 0.5) is 0 Å². The molecule has 0 saturated carbocycles. The fourth-order valence-corrected chi connectivity index (χ4v) is 1.72. The molecule has 0 bridgehead atoms. The van der Waals surface area contributed by atoms with Crippen molar-refractivity contribution >= 4 is 0 Å². The maximum Gasteiger partial charge on any atom is 0.155 e. The fourth-order valence-electron chi connectivity index (χ4n) is 1.72. The molecule has 4 atom stereocenters. The highest BCUT2D eigenvalue weighted by molar-refractivity contribution is 4.78. The van der Waals surface area contributed by atoms with Crippen molar-refractivity contribution in [1.29, 1.82) is 0 Å². The molecule has 1 aliphatic heterocycles. The first-order valence-electron chi connectivity index (χ1n) is 4.01. The molecule has 1 fully saturated rings. The van der Waals surface area contributed by atoms with Gasteiger partial charge < -0.3 is 14.6 Å². The quantitative estimate of drug-likeness (QED) is 0.615. The van der Waals surface area contributed by atoms with E-state index in [1.165, 1.54) is 0 Å². The Morgan fingerprint density at radius 2 is 2.09 bits per heavy atom. The van der Waals surface area contributed by atoms with Gasteiger partial charge in [0.1, 0.15) is 0 Å². The Balaban J connectivity index is 2.52. The molecule has 66 valence electrons. The zero-order valence-corrected chi connectivity index (χ0v) is 7.28. The average Bonchev–Trinajstić information content (AvgIpc) is 1.85. The second kappa shape index (κ2) is 3.52. The van der Waals surface area contributed by atoms with Crippen LogP contribution in [0, 0.1) is 5.92 Å². The Morgan fingerprint density at radius 1 is 1.45 bits per heavy atom. The molecule has 0 amide bonds. The molecule has 1 N–H and O–H groups in total. The predicted octanol–water partition coefficient (Wildman–Crippen LogP) is 0.765. The Kier molecular flexibility index (Phi) is 2.87. The lowest BCUT2D eigenvalue weighted by Crippen LogP contribution is -2.43. The standard InChI is InChI=1S/C8H16O3/c1-5-4-7(9)11-6(2)8(5)10-3/h5-9H,4H2,1-3H3/t5?,6?,7-,8-/m1/s1. The van der Waals surface area contributed by atoms with E-state index in [2.05, 4.69) is 6.92 Å². The van der Waals surface area contributed by atoms with E-state index in [4.69, 9.17) is 9.47 Å². The van der Waals surface area contributed by atoms with Crippen LogP contribution in [0.1, 0.15) is 20.3 Å². The van der Waals surface area contributed by atoms with E-state index in [9.17, 15) is 5.11 Å². The normalized spacial score (nSPS) is 45.8. The number of hydrogen-bond acceptors (Lipinski definition) is 3. The minimum absolute atomic E-state index is 0.00116. The third-order valence-electron chi connectivity index (χ3n) is 2.24. The SMILES string of the molecule is CO[C@@H]1C(C)C[C@H](O)OC1C. The largest absolute Gasteiger partial charge is 0.378 e. The summed E-state index contributed by atoms with van der Waals surface area (Å²) in [7, 11) is 1.68. The van der Waals surface area contributed by atoms with E-state index in [0.29, 0.717) is 12.3 Å². The Hall–Kier alpha value is -0.120. The minimum Gasteiger partial charge on any atom is -0.378 e. The second-order valence-electron chi connectivity index (χ2n) is 3.21. The van der Waals surface area contributed by atoms with Crippen LogP contribution in [0.25, 0.3) is 0 Å². The van der Waals surface area contributed by atoms with Crippen molar-refractivity contribution in [3.63, 3.8) is 0 Å². The first-order valence-corrected chi connectivity index (χ1v) is 4.01. The van der Waals surface area contributed by atoms with Crippen LogP contribution in [0.15, 0.2) is 0 Å². The molecule has 0 spiro atoms. The lowest BCUT2D eigenvalue weighted by atomic mass is 9.94. The van der Waals surface area contributed by atoms with E-state index in [-0.39, 0.29) is 12.2 Å². The van der Waals surface area contributed by atoms with E-state index in [1.807, 2.05) is 6.92 Å². The summed E-state index contributed by atoms with van der Waals surface area (Å²) < 4.78 is 10.4. The van der Waals surface area contributed by atoms with Crippen molar-refractivity contribution < 1.29 is 14.6 Å². The molecule has 2 unspecified atom stereocenters. The molecule has 0 aromatic rings. The van der Waals surface area contributed by atoms with Crippen LogP contribution >= 0.6 is 0 Å². The summed E-state index contributed by atoms with van der Waals surface area (Å²) in [6.07, 6.45) is 0.187. The molecule has 3 heteroatoms. The number of aliphatic hydroxyl groups is 1. The molecule has 3 nitrogen and oxygen atoms in total. The first kappa shape index (κ1) is 8.97. The molecule has 1 heterocycles. The number of aliphatic hydroxyl groups excluding tert-OH is 1. The van der Waals surface area contributed by atoms with Gasteiger partial charge in [-0.2, -0.15) is 0 Å². The fraction of sp³-hybridized carbons (Fsp3) is 1.00. The van der Waals surface area contributed by atoms with E-state index >= 15 is 0 Å². The van der Waals surface area contributed by atoms with Gasteiger partial charge in [-0.15, -0.1) is 0 Å². The van der Waals surface area contributed by atoms with Gasteiger partial charge in [0, 0.05) is 13.5 Å². The molecule has 0 aliphatic carbocycles. The molecule has 0 aromatic carbocycles. The first-order chi connectivity index (χ1) is 5.15. The Bertz CT molecular complexity index is 115. The summed E-state index contributed by atoms with van der Waals surface area (Å²) in [5.41, 5.74) is 0. The number of hydrogen-bond donors (Lipinski definition) is 1.